The topological polar surface area (TPSA) is 29.5 Å². The summed E-state index contributed by atoms with van der Waals surface area (Å²) < 4.78 is 6.11. The molecule has 0 heterocycles. The summed E-state index contributed by atoms with van der Waals surface area (Å²) in [5.74, 6) is 0.591. The first-order chi connectivity index (χ1) is 13.4. The molecular formula is C26H40O2. The monoisotopic (exact) mass is 384 g/mol. The molecule has 0 fully saturated rings. The van der Waals surface area contributed by atoms with E-state index in [1.54, 1.807) is 0 Å². The lowest BCUT2D eigenvalue weighted by Gasteiger charge is -2.29. The van der Waals surface area contributed by atoms with Gasteiger partial charge in [0.1, 0.15) is 0 Å². The highest BCUT2D eigenvalue weighted by atomic mass is 16.5. The Morgan fingerprint density at radius 1 is 0.857 bits per heavy atom. The van der Waals surface area contributed by atoms with E-state index in [9.17, 15) is 0 Å². The van der Waals surface area contributed by atoms with E-state index >= 15 is 0 Å². The van der Waals surface area contributed by atoms with E-state index in [1.165, 1.54) is 22.3 Å². The molecule has 0 aliphatic rings. The second-order valence-electron chi connectivity index (χ2n) is 7.93. The molecule has 0 bridgehead atoms. The van der Waals surface area contributed by atoms with Crippen LogP contribution in [0.15, 0.2) is 48.5 Å². The van der Waals surface area contributed by atoms with Crippen molar-refractivity contribution in [3.05, 3.63) is 70.8 Å². The normalized spacial score (nSPS) is 13.0. The number of aliphatic hydroxyl groups excluding tert-OH is 1. The fourth-order valence-corrected chi connectivity index (χ4v) is 2.95. The predicted molar refractivity (Wildman–Crippen MR) is 121 cm³/mol. The Hall–Kier alpha value is -1.64. The Morgan fingerprint density at radius 2 is 1.36 bits per heavy atom. The zero-order chi connectivity index (χ0) is 21.0. The van der Waals surface area contributed by atoms with Crippen LogP contribution in [0.5, 0.6) is 0 Å². The third-order valence-corrected chi connectivity index (χ3v) is 5.14. The van der Waals surface area contributed by atoms with Gasteiger partial charge in [-0.05, 0) is 60.8 Å². The number of aliphatic hydroxyl groups is 1. The molecule has 156 valence electrons. The maximum atomic E-state index is 7.88. The zero-order valence-electron chi connectivity index (χ0n) is 18.8. The van der Waals surface area contributed by atoms with Crippen LogP contribution in [0, 0.1) is 0 Å². The van der Waals surface area contributed by atoms with Crippen LogP contribution in [0.3, 0.4) is 0 Å². The van der Waals surface area contributed by atoms with Gasteiger partial charge in [-0.1, -0.05) is 83.1 Å². The first kappa shape index (κ1) is 24.4. The minimum atomic E-state index is -0.173. The fraction of sp³-hybridized carbons (Fsp3) is 0.538. The van der Waals surface area contributed by atoms with Gasteiger partial charge in [0.25, 0.3) is 0 Å². The summed E-state index contributed by atoms with van der Waals surface area (Å²) in [6, 6.07) is 18.0. The zero-order valence-corrected chi connectivity index (χ0v) is 18.8. The van der Waals surface area contributed by atoms with Crippen LogP contribution >= 0.6 is 0 Å². The number of ether oxygens (including phenoxy) is 1. The molecule has 2 aromatic carbocycles. The van der Waals surface area contributed by atoms with Crippen LogP contribution in [-0.4, -0.2) is 18.3 Å². The molecule has 0 saturated carbocycles. The summed E-state index contributed by atoms with van der Waals surface area (Å²) >= 11 is 0. The maximum Gasteiger partial charge on any atom is 0.0900 e. The average molecular weight is 385 g/mol. The number of hydrogen-bond donors (Lipinski definition) is 1. The molecule has 0 saturated heterocycles. The van der Waals surface area contributed by atoms with Crippen LogP contribution in [0.2, 0.25) is 0 Å². The highest BCUT2D eigenvalue weighted by Crippen LogP contribution is 2.29. The molecule has 0 aliphatic heterocycles. The van der Waals surface area contributed by atoms with Gasteiger partial charge in [0.05, 0.1) is 5.60 Å². The first-order valence-corrected chi connectivity index (χ1v) is 10.8. The molecule has 1 N–H and O–H groups in total. The lowest BCUT2D eigenvalue weighted by Crippen LogP contribution is -2.25. The molecule has 0 amide bonds. The number of hydrogen-bond acceptors (Lipinski definition) is 2. The summed E-state index contributed by atoms with van der Waals surface area (Å²) in [5.41, 5.74) is 5.23. The quantitative estimate of drug-likeness (QED) is 0.513. The second kappa shape index (κ2) is 12.7. The Bertz CT molecular complexity index is 641. The van der Waals surface area contributed by atoms with Crippen molar-refractivity contribution in [1.29, 1.82) is 0 Å². The van der Waals surface area contributed by atoms with Crippen LogP contribution in [0.25, 0.3) is 0 Å². The van der Waals surface area contributed by atoms with Crippen molar-refractivity contribution in [3.63, 3.8) is 0 Å². The molecule has 0 aromatic heterocycles. The number of rotatable bonds is 9. The molecule has 0 spiro atoms. The highest BCUT2D eigenvalue weighted by Gasteiger charge is 2.24. The van der Waals surface area contributed by atoms with Crippen molar-refractivity contribution in [2.45, 2.75) is 78.7 Å². The summed E-state index contributed by atoms with van der Waals surface area (Å²) in [5, 5.41) is 7.88. The van der Waals surface area contributed by atoms with Gasteiger partial charge in [-0.25, -0.2) is 0 Å². The molecule has 0 radical (unpaired) electrons. The van der Waals surface area contributed by atoms with Gasteiger partial charge >= 0.3 is 0 Å². The molecule has 1 unspecified atom stereocenters. The van der Waals surface area contributed by atoms with Crippen molar-refractivity contribution in [3.8, 4) is 0 Å². The van der Waals surface area contributed by atoms with Crippen molar-refractivity contribution in [1.82, 2.24) is 0 Å². The minimum absolute atomic E-state index is 0.173. The van der Waals surface area contributed by atoms with Crippen LogP contribution in [0.1, 0.15) is 89.0 Å². The van der Waals surface area contributed by atoms with Gasteiger partial charge in [-0.2, -0.15) is 0 Å². The van der Waals surface area contributed by atoms with E-state index in [1.807, 2.05) is 6.92 Å². The predicted octanol–water partition coefficient (Wildman–Crippen LogP) is 6.84. The van der Waals surface area contributed by atoms with Gasteiger partial charge in [0.2, 0.25) is 0 Å². The Balaban J connectivity index is 0.000000892. The Kier molecular flexibility index (Phi) is 11.1. The first-order valence-electron chi connectivity index (χ1n) is 10.8. The molecule has 2 rings (SSSR count). The van der Waals surface area contributed by atoms with Crippen molar-refractivity contribution in [2.24, 2.45) is 0 Å². The third-order valence-electron chi connectivity index (χ3n) is 5.14. The van der Waals surface area contributed by atoms with E-state index in [-0.39, 0.29) is 5.60 Å². The van der Waals surface area contributed by atoms with Crippen molar-refractivity contribution in [2.75, 3.05) is 13.2 Å². The van der Waals surface area contributed by atoms with E-state index in [2.05, 4.69) is 83.1 Å². The molecule has 28 heavy (non-hydrogen) atoms. The van der Waals surface area contributed by atoms with Crippen molar-refractivity contribution < 1.29 is 9.84 Å². The fourth-order valence-electron chi connectivity index (χ4n) is 2.95. The van der Waals surface area contributed by atoms with E-state index in [0.717, 1.165) is 32.3 Å². The summed E-state index contributed by atoms with van der Waals surface area (Å²) in [4.78, 5) is 0. The van der Waals surface area contributed by atoms with Gasteiger partial charge in [0.15, 0.2) is 0 Å². The van der Waals surface area contributed by atoms with Crippen molar-refractivity contribution >= 4 is 0 Å². The lowest BCUT2D eigenvalue weighted by molar-refractivity contribution is -0.0390. The van der Waals surface area contributed by atoms with Crippen LogP contribution in [0.4, 0.5) is 0 Å². The van der Waals surface area contributed by atoms with Gasteiger partial charge < -0.3 is 9.84 Å². The van der Waals surface area contributed by atoms with Gasteiger partial charge in [0, 0.05) is 13.2 Å². The highest BCUT2D eigenvalue weighted by molar-refractivity contribution is 5.32. The maximum absolute atomic E-state index is 7.88. The molecule has 2 aromatic rings. The van der Waals surface area contributed by atoms with E-state index in [0.29, 0.717) is 12.5 Å². The van der Waals surface area contributed by atoms with E-state index < -0.39 is 0 Å². The molecule has 1 atom stereocenters. The van der Waals surface area contributed by atoms with Crippen LogP contribution in [-0.2, 0) is 16.8 Å². The molecular weight excluding hydrogens is 344 g/mol. The third kappa shape index (κ3) is 7.77. The summed E-state index contributed by atoms with van der Waals surface area (Å²) in [6.07, 6.45) is 3.90. The molecule has 2 nitrogen and oxygen atoms in total. The standard InChI is InChI=1S/C23H32O.C3H8O/c1-6-16-24-23(5,7-2)22-14-10-20(11-15-22)17-19-8-12-21(13-9-19)18(3)4;1-2-3-4/h8-15,18H,6-7,16-17H2,1-5H3;4H,2-3H2,1H3. The number of benzene rings is 2. The van der Waals surface area contributed by atoms with Gasteiger partial charge in [-0.15, -0.1) is 0 Å². The molecule has 2 heteroatoms. The van der Waals surface area contributed by atoms with E-state index in [4.69, 9.17) is 9.84 Å². The summed E-state index contributed by atoms with van der Waals surface area (Å²) in [7, 11) is 0. The smallest absolute Gasteiger partial charge is 0.0900 e. The van der Waals surface area contributed by atoms with Gasteiger partial charge in [-0.3, -0.25) is 0 Å². The minimum Gasteiger partial charge on any atom is -0.396 e. The summed E-state index contributed by atoms with van der Waals surface area (Å²) in [6.45, 7) is 14.1. The van der Waals surface area contributed by atoms with Crippen LogP contribution < -0.4 is 0 Å². The molecule has 0 aliphatic carbocycles. The Labute approximate surface area is 173 Å². The lowest BCUT2D eigenvalue weighted by atomic mass is 9.91. The second-order valence-corrected chi connectivity index (χ2v) is 7.93. The average Bonchev–Trinajstić information content (AvgIpc) is 2.73. The Morgan fingerprint density at radius 3 is 1.75 bits per heavy atom. The SMILES string of the molecule is CCCO.CCCOC(C)(CC)c1ccc(Cc2ccc(C(C)C)cc2)cc1. The largest absolute Gasteiger partial charge is 0.396 e.